The summed E-state index contributed by atoms with van der Waals surface area (Å²) in [6.07, 6.45) is 0. The molecule has 0 spiro atoms. The van der Waals surface area contributed by atoms with Gasteiger partial charge in [0, 0.05) is 12.4 Å². The molecule has 0 aliphatic rings. The summed E-state index contributed by atoms with van der Waals surface area (Å²) in [4.78, 5) is 0. The zero-order valence-electron chi connectivity index (χ0n) is 6.38. The number of aromatic nitrogens is 2. The number of hydrogen-bond donors (Lipinski definition) is 0. The van der Waals surface area contributed by atoms with E-state index >= 15 is 0 Å². The molecule has 0 bridgehead atoms. The van der Waals surface area contributed by atoms with Crippen molar-refractivity contribution in [2.45, 2.75) is 0 Å². The molecule has 0 aliphatic carbocycles. The van der Waals surface area contributed by atoms with Crippen LogP contribution in [-0.2, 0) is 7.05 Å². The highest BCUT2D eigenvalue weighted by molar-refractivity contribution is 14.1. The third-order valence-corrected chi connectivity index (χ3v) is 3.00. The topological polar surface area (TPSA) is 17.8 Å². The fraction of sp³-hybridized carbons (Fsp3) is 0.125. The Morgan fingerprint density at radius 2 is 2.25 bits per heavy atom. The minimum atomic E-state index is -0.214. The smallest absolute Gasteiger partial charge is 0.124 e. The maximum atomic E-state index is 12.8. The first kappa shape index (κ1) is 7.97. The highest BCUT2D eigenvalue weighted by Gasteiger charge is 2.05. The van der Waals surface area contributed by atoms with Gasteiger partial charge in [0.2, 0.25) is 0 Å². The van der Waals surface area contributed by atoms with Crippen molar-refractivity contribution in [1.29, 1.82) is 0 Å². The molecule has 1 heterocycles. The number of aryl methyl sites for hydroxylation is 1. The molecule has 0 aliphatic heterocycles. The van der Waals surface area contributed by atoms with Crippen molar-refractivity contribution in [1.82, 2.24) is 9.78 Å². The average molecular weight is 276 g/mol. The van der Waals surface area contributed by atoms with Crippen LogP contribution in [0.5, 0.6) is 0 Å². The number of nitrogens with zero attached hydrogens (tertiary/aromatic N) is 2. The second-order valence-corrected chi connectivity index (χ2v) is 3.60. The summed E-state index contributed by atoms with van der Waals surface area (Å²) >= 11 is 2.15. The van der Waals surface area contributed by atoms with Gasteiger partial charge in [-0.15, -0.1) is 0 Å². The number of fused-ring (bicyclic) bond motifs is 1. The molecule has 0 atom stereocenters. The molecule has 0 unspecified atom stereocenters. The van der Waals surface area contributed by atoms with Crippen LogP contribution < -0.4 is 0 Å². The van der Waals surface area contributed by atoms with Gasteiger partial charge < -0.3 is 0 Å². The predicted molar refractivity (Wildman–Crippen MR) is 53.4 cm³/mol. The van der Waals surface area contributed by atoms with Crippen molar-refractivity contribution in [2.75, 3.05) is 0 Å². The van der Waals surface area contributed by atoms with Gasteiger partial charge in [0.05, 0.1) is 5.52 Å². The van der Waals surface area contributed by atoms with E-state index in [2.05, 4.69) is 27.7 Å². The molecule has 2 aromatic rings. The van der Waals surface area contributed by atoms with Gasteiger partial charge in [-0.3, -0.25) is 4.68 Å². The Bertz CT molecular complexity index is 436. The molecule has 1 aromatic carbocycles. The molecule has 2 nitrogen and oxygen atoms in total. The van der Waals surface area contributed by atoms with Crippen molar-refractivity contribution >= 4 is 33.5 Å². The minimum Gasteiger partial charge on any atom is -0.261 e. The lowest BCUT2D eigenvalue weighted by atomic mass is 10.2. The van der Waals surface area contributed by atoms with Crippen LogP contribution in [-0.4, -0.2) is 9.78 Å². The molecule has 0 saturated heterocycles. The summed E-state index contributed by atoms with van der Waals surface area (Å²) < 4.78 is 15.5. The first-order valence-electron chi connectivity index (χ1n) is 3.46. The van der Waals surface area contributed by atoms with Crippen LogP contribution in [0.4, 0.5) is 4.39 Å². The van der Waals surface area contributed by atoms with E-state index in [-0.39, 0.29) is 5.82 Å². The second-order valence-electron chi connectivity index (χ2n) is 2.58. The van der Waals surface area contributed by atoms with Crippen LogP contribution in [0.1, 0.15) is 0 Å². The van der Waals surface area contributed by atoms with E-state index in [1.807, 2.05) is 7.05 Å². The summed E-state index contributed by atoms with van der Waals surface area (Å²) in [5.41, 5.74) is 0.836. The second kappa shape index (κ2) is 2.69. The molecule has 12 heavy (non-hydrogen) atoms. The van der Waals surface area contributed by atoms with Gasteiger partial charge in [0.15, 0.2) is 0 Å². The van der Waals surface area contributed by atoms with Crippen LogP contribution in [0.25, 0.3) is 10.9 Å². The highest BCUT2D eigenvalue weighted by Crippen LogP contribution is 2.19. The molecule has 2 rings (SSSR count). The lowest BCUT2D eigenvalue weighted by Crippen LogP contribution is -1.91. The number of halogens is 2. The van der Waals surface area contributed by atoms with Crippen molar-refractivity contribution in [3.63, 3.8) is 0 Å². The molecular weight excluding hydrogens is 270 g/mol. The lowest BCUT2D eigenvalue weighted by molar-refractivity contribution is 0.629. The standard InChI is InChI=1S/C8H6FIN2/c1-12-8(10)6-4-5(9)2-3-7(6)11-12/h2-4H,1H3. The Morgan fingerprint density at radius 1 is 1.50 bits per heavy atom. The molecule has 0 N–H and O–H groups in total. The first-order chi connectivity index (χ1) is 5.68. The molecule has 1 aromatic heterocycles. The van der Waals surface area contributed by atoms with Crippen molar-refractivity contribution in [3.05, 3.63) is 27.7 Å². The molecule has 0 fully saturated rings. The zero-order chi connectivity index (χ0) is 8.72. The number of hydrogen-bond acceptors (Lipinski definition) is 1. The van der Waals surface area contributed by atoms with Gasteiger partial charge in [0.1, 0.15) is 9.52 Å². The lowest BCUT2D eigenvalue weighted by Gasteiger charge is -1.89. The van der Waals surface area contributed by atoms with Gasteiger partial charge >= 0.3 is 0 Å². The predicted octanol–water partition coefficient (Wildman–Crippen LogP) is 2.32. The van der Waals surface area contributed by atoms with E-state index in [1.54, 1.807) is 10.7 Å². The van der Waals surface area contributed by atoms with Crippen LogP contribution in [0.2, 0.25) is 0 Å². The first-order valence-corrected chi connectivity index (χ1v) is 4.54. The minimum absolute atomic E-state index is 0.214. The third-order valence-electron chi connectivity index (χ3n) is 1.72. The van der Waals surface area contributed by atoms with Gasteiger partial charge in [-0.2, -0.15) is 5.10 Å². The van der Waals surface area contributed by atoms with Crippen molar-refractivity contribution in [2.24, 2.45) is 7.05 Å². The van der Waals surface area contributed by atoms with Crippen molar-refractivity contribution in [3.8, 4) is 0 Å². The molecule has 0 amide bonds. The Balaban J connectivity index is 2.88. The average Bonchev–Trinajstić information content (AvgIpc) is 2.31. The van der Waals surface area contributed by atoms with Gasteiger partial charge in [-0.05, 0) is 40.8 Å². The quantitative estimate of drug-likeness (QED) is 0.675. The fourth-order valence-corrected chi connectivity index (χ4v) is 1.68. The molecule has 4 heteroatoms. The van der Waals surface area contributed by atoms with Crippen LogP contribution in [0.3, 0.4) is 0 Å². The SMILES string of the molecule is Cn1nc2ccc(F)cc2c1I. The maximum Gasteiger partial charge on any atom is 0.124 e. The summed E-state index contributed by atoms with van der Waals surface area (Å²) in [5.74, 6) is -0.214. The summed E-state index contributed by atoms with van der Waals surface area (Å²) in [6.45, 7) is 0. The van der Waals surface area contributed by atoms with E-state index in [0.29, 0.717) is 0 Å². The molecule has 62 valence electrons. The van der Waals surface area contributed by atoms with E-state index in [4.69, 9.17) is 0 Å². The highest BCUT2D eigenvalue weighted by atomic mass is 127. The van der Waals surface area contributed by atoms with Gasteiger partial charge in [0.25, 0.3) is 0 Å². The number of benzene rings is 1. The van der Waals surface area contributed by atoms with E-state index in [0.717, 1.165) is 14.6 Å². The van der Waals surface area contributed by atoms with Gasteiger partial charge in [-0.1, -0.05) is 0 Å². The summed E-state index contributed by atoms with van der Waals surface area (Å²) in [7, 11) is 1.85. The summed E-state index contributed by atoms with van der Waals surface area (Å²) in [5, 5.41) is 5.07. The molecule has 0 radical (unpaired) electrons. The molecule has 0 saturated carbocycles. The molecular formula is C8H6FIN2. The Labute approximate surface area is 82.5 Å². The van der Waals surface area contributed by atoms with E-state index in [1.165, 1.54) is 12.1 Å². The Hall–Kier alpha value is -0.650. The zero-order valence-corrected chi connectivity index (χ0v) is 8.54. The Kier molecular flexibility index (Phi) is 1.79. The Morgan fingerprint density at radius 3 is 3.00 bits per heavy atom. The maximum absolute atomic E-state index is 12.8. The fourth-order valence-electron chi connectivity index (χ4n) is 1.14. The van der Waals surface area contributed by atoms with Crippen LogP contribution in [0, 0.1) is 9.52 Å². The van der Waals surface area contributed by atoms with Crippen molar-refractivity contribution < 1.29 is 4.39 Å². The van der Waals surface area contributed by atoms with Gasteiger partial charge in [-0.25, -0.2) is 4.39 Å². The van der Waals surface area contributed by atoms with E-state index < -0.39 is 0 Å². The largest absolute Gasteiger partial charge is 0.261 e. The third kappa shape index (κ3) is 1.10. The van der Waals surface area contributed by atoms with E-state index in [9.17, 15) is 4.39 Å². The summed E-state index contributed by atoms with van der Waals surface area (Å²) in [6, 6.07) is 4.61. The number of rotatable bonds is 0. The van der Waals surface area contributed by atoms with Crippen LogP contribution >= 0.6 is 22.6 Å². The van der Waals surface area contributed by atoms with Crippen LogP contribution in [0.15, 0.2) is 18.2 Å². The normalized spacial score (nSPS) is 10.9. The monoisotopic (exact) mass is 276 g/mol.